The Morgan fingerprint density at radius 2 is 1.96 bits per heavy atom. The van der Waals surface area contributed by atoms with Gasteiger partial charge in [-0.15, -0.1) is 0 Å². The summed E-state index contributed by atoms with van der Waals surface area (Å²) in [5, 5.41) is 3.22. The van der Waals surface area contributed by atoms with Gasteiger partial charge in [-0.05, 0) is 18.2 Å². The molecule has 0 spiro atoms. The molecule has 1 atom stereocenters. The van der Waals surface area contributed by atoms with E-state index in [0.717, 1.165) is 11.3 Å². The van der Waals surface area contributed by atoms with Crippen LogP contribution in [0.25, 0.3) is 5.69 Å². The summed E-state index contributed by atoms with van der Waals surface area (Å²) in [7, 11) is 0. The van der Waals surface area contributed by atoms with Crippen LogP contribution in [0.1, 0.15) is 12.5 Å². The molecule has 7 heteroatoms. The molecule has 0 aliphatic carbocycles. The maximum Gasteiger partial charge on any atom is 0.328 e. The molecule has 1 amide bonds. The predicted octanol–water partition coefficient (Wildman–Crippen LogP) is 2.53. The first-order valence-corrected chi connectivity index (χ1v) is 8.64. The van der Waals surface area contributed by atoms with E-state index in [2.05, 4.69) is 15.3 Å². The number of carbonyl (C=O) groups is 1. The minimum Gasteiger partial charge on any atom is -0.609 e. The second kappa shape index (κ2) is 7.29. The largest absolute Gasteiger partial charge is 0.609 e. The number of imidazole rings is 1. The number of aromatic nitrogens is 3. The Labute approximate surface area is 142 Å². The summed E-state index contributed by atoms with van der Waals surface area (Å²) in [5.74, 6) is 0.102. The Morgan fingerprint density at radius 1 is 1.21 bits per heavy atom. The molecule has 0 bridgehead atoms. The highest BCUT2D eigenvalue weighted by atomic mass is 32.2. The zero-order valence-electron chi connectivity index (χ0n) is 13.0. The molecule has 0 aliphatic heterocycles. The van der Waals surface area contributed by atoms with Crippen molar-refractivity contribution >= 4 is 22.8 Å². The van der Waals surface area contributed by atoms with Gasteiger partial charge in [-0.25, -0.2) is 0 Å². The van der Waals surface area contributed by atoms with Gasteiger partial charge in [0, 0.05) is 47.9 Å². The molecule has 0 radical (unpaired) electrons. The van der Waals surface area contributed by atoms with Crippen molar-refractivity contribution in [3.8, 4) is 5.69 Å². The van der Waals surface area contributed by atoms with E-state index in [0.29, 0.717) is 10.8 Å². The molecule has 1 unspecified atom stereocenters. The molecule has 0 fully saturated rings. The Kier molecular flexibility index (Phi) is 4.93. The van der Waals surface area contributed by atoms with E-state index in [1.165, 1.54) is 6.92 Å². The number of hydrogen-bond acceptors (Lipinski definition) is 4. The standard InChI is InChI=1S/C17H16N4O2S/c1-13(22)20-16-5-3-2-4-14(16)12-24(23)17-19-10-11-21(17)15-6-8-18-9-7-15/h2-11H,12H2,1H3,(H,20,22). The Morgan fingerprint density at radius 3 is 2.71 bits per heavy atom. The molecular weight excluding hydrogens is 324 g/mol. The minimum atomic E-state index is -1.36. The first-order chi connectivity index (χ1) is 11.6. The van der Waals surface area contributed by atoms with Gasteiger partial charge in [-0.1, -0.05) is 18.2 Å². The van der Waals surface area contributed by atoms with Gasteiger partial charge >= 0.3 is 5.16 Å². The van der Waals surface area contributed by atoms with Crippen LogP contribution in [0.5, 0.6) is 0 Å². The quantitative estimate of drug-likeness (QED) is 0.724. The van der Waals surface area contributed by atoms with E-state index in [4.69, 9.17) is 0 Å². The summed E-state index contributed by atoms with van der Waals surface area (Å²) < 4.78 is 14.6. The Hall–Kier alpha value is -2.64. The summed E-state index contributed by atoms with van der Waals surface area (Å²) in [6, 6.07) is 11.0. The molecule has 6 nitrogen and oxygen atoms in total. The van der Waals surface area contributed by atoms with E-state index in [-0.39, 0.29) is 11.7 Å². The van der Waals surface area contributed by atoms with Crippen molar-refractivity contribution in [2.24, 2.45) is 0 Å². The van der Waals surface area contributed by atoms with Gasteiger partial charge in [0.1, 0.15) is 5.75 Å². The predicted molar refractivity (Wildman–Crippen MR) is 92.2 cm³/mol. The van der Waals surface area contributed by atoms with Gasteiger partial charge in [0.25, 0.3) is 0 Å². The van der Waals surface area contributed by atoms with Crippen LogP contribution in [0.15, 0.2) is 66.3 Å². The average molecular weight is 340 g/mol. The zero-order chi connectivity index (χ0) is 16.9. The molecule has 3 rings (SSSR count). The summed E-state index contributed by atoms with van der Waals surface area (Å²) in [5.41, 5.74) is 2.32. The number of para-hydroxylation sites is 1. The van der Waals surface area contributed by atoms with Crippen molar-refractivity contribution in [1.29, 1.82) is 0 Å². The van der Waals surface area contributed by atoms with Gasteiger partial charge in [0.2, 0.25) is 5.91 Å². The van der Waals surface area contributed by atoms with E-state index in [1.54, 1.807) is 35.4 Å². The minimum absolute atomic E-state index is 0.161. The summed E-state index contributed by atoms with van der Waals surface area (Å²) in [6.07, 6.45) is 6.73. The third-order valence-corrected chi connectivity index (χ3v) is 4.65. The molecular formula is C17H16N4O2S. The fraction of sp³-hybridized carbons (Fsp3) is 0.118. The molecule has 2 heterocycles. The van der Waals surface area contributed by atoms with Gasteiger partial charge in [-0.3, -0.25) is 14.3 Å². The van der Waals surface area contributed by atoms with Crippen LogP contribution in [0.3, 0.4) is 0 Å². The van der Waals surface area contributed by atoms with Crippen LogP contribution in [0.2, 0.25) is 0 Å². The molecule has 1 aromatic carbocycles. The maximum atomic E-state index is 12.8. The maximum absolute atomic E-state index is 12.8. The number of anilines is 1. The summed E-state index contributed by atoms with van der Waals surface area (Å²) >= 11 is -1.36. The lowest BCUT2D eigenvalue weighted by molar-refractivity contribution is -0.114. The first-order valence-electron chi connectivity index (χ1n) is 7.33. The van der Waals surface area contributed by atoms with Gasteiger partial charge < -0.3 is 9.87 Å². The number of benzene rings is 1. The fourth-order valence-electron chi connectivity index (χ4n) is 2.32. The van der Waals surface area contributed by atoms with Crippen molar-refractivity contribution in [2.75, 3.05) is 5.32 Å². The number of rotatable bonds is 5. The normalized spacial score (nSPS) is 11.9. The molecule has 122 valence electrons. The number of pyridine rings is 1. The van der Waals surface area contributed by atoms with Crippen molar-refractivity contribution in [1.82, 2.24) is 14.5 Å². The third-order valence-electron chi connectivity index (χ3n) is 3.37. The smallest absolute Gasteiger partial charge is 0.328 e. The molecule has 24 heavy (non-hydrogen) atoms. The second-order valence-corrected chi connectivity index (χ2v) is 6.46. The van der Waals surface area contributed by atoms with E-state index in [1.807, 2.05) is 30.3 Å². The first kappa shape index (κ1) is 16.2. The van der Waals surface area contributed by atoms with E-state index < -0.39 is 11.2 Å². The Bertz CT molecular complexity index is 835. The zero-order valence-corrected chi connectivity index (χ0v) is 13.9. The highest BCUT2D eigenvalue weighted by molar-refractivity contribution is 7.90. The van der Waals surface area contributed by atoms with Crippen LogP contribution >= 0.6 is 0 Å². The number of carbonyl (C=O) groups excluding carboxylic acids is 1. The SMILES string of the molecule is CC(=O)Nc1ccccc1C[S+]([O-])c1nccn1-c1ccncc1. The van der Waals surface area contributed by atoms with Crippen LogP contribution in [-0.4, -0.2) is 25.0 Å². The van der Waals surface area contributed by atoms with Crippen molar-refractivity contribution in [3.05, 3.63) is 66.7 Å². The van der Waals surface area contributed by atoms with E-state index >= 15 is 0 Å². The van der Waals surface area contributed by atoms with Crippen molar-refractivity contribution in [3.63, 3.8) is 0 Å². The highest BCUT2D eigenvalue weighted by Gasteiger charge is 2.21. The lowest BCUT2D eigenvalue weighted by Crippen LogP contribution is -2.14. The van der Waals surface area contributed by atoms with Crippen LogP contribution in [-0.2, 0) is 21.7 Å². The third kappa shape index (κ3) is 3.64. The van der Waals surface area contributed by atoms with Crippen molar-refractivity contribution in [2.45, 2.75) is 17.8 Å². The van der Waals surface area contributed by atoms with Crippen molar-refractivity contribution < 1.29 is 9.35 Å². The fourth-order valence-corrected chi connectivity index (χ4v) is 3.55. The lowest BCUT2D eigenvalue weighted by Gasteiger charge is -2.14. The van der Waals surface area contributed by atoms with Gasteiger partial charge in [0.05, 0.1) is 11.9 Å². The highest BCUT2D eigenvalue weighted by Crippen LogP contribution is 2.23. The summed E-state index contributed by atoms with van der Waals surface area (Å²) in [6.45, 7) is 1.45. The summed E-state index contributed by atoms with van der Waals surface area (Å²) in [4.78, 5) is 19.5. The lowest BCUT2D eigenvalue weighted by atomic mass is 10.2. The molecule has 3 aromatic rings. The molecule has 2 aromatic heterocycles. The van der Waals surface area contributed by atoms with Gasteiger partial charge in [-0.2, -0.15) is 4.98 Å². The number of amides is 1. The molecule has 0 aliphatic rings. The number of nitrogens with zero attached hydrogens (tertiary/aromatic N) is 3. The topological polar surface area (TPSA) is 82.9 Å². The molecule has 0 saturated heterocycles. The van der Waals surface area contributed by atoms with E-state index in [9.17, 15) is 9.35 Å². The number of hydrogen-bond donors (Lipinski definition) is 1. The van der Waals surface area contributed by atoms with Gasteiger partial charge in [0.15, 0.2) is 0 Å². The average Bonchev–Trinajstić information content (AvgIpc) is 3.07. The van der Waals surface area contributed by atoms with Crippen LogP contribution < -0.4 is 5.32 Å². The second-order valence-electron chi connectivity index (χ2n) is 5.11. The molecule has 0 saturated carbocycles. The van der Waals surface area contributed by atoms with Crippen LogP contribution in [0.4, 0.5) is 5.69 Å². The Balaban J connectivity index is 1.86. The molecule has 1 N–H and O–H groups in total. The monoisotopic (exact) mass is 340 g/mol. The number of nitrogens with one attached hydrogen (secondary N) is 1. The van der Waals surface area contributed by atoms with Crippen LogP contribution in [0, 0.1) is 0 Å².